The molecule has 0 saturated heterocycles. The molecule has 6 heteroatoms. The summed E-state index contributed by atoms with van der Waals surface area (Å²) >= 11 is 0. The number of hydrogen-bond donors (Lipinski definition) is 0. The molecule has 0 fully saturated rings. The third-order valence-electron chi connectivity index (χ3n) is 4.30. The molecule has 0 N–H and O–H groups in total. The van der Waals surface area contributed by atoms with E-state index in [-0.39, 0.29) is 47.7 Å². The van der Waals surface area contributed by atoms with Crippen molar-refractivity contribution in [3.63, 3.8) is 0 Å². The molecule has 29 heavy (non-hydrogen) atoms. The van der Waals surface area contributed by atoms with Gasteiger partial charge in [0.2, 0.25) is 5.91 Å². The first kappa shape index (κ1) is 22.6. The molecular weight excluding hydrogens is 381 g/mol. The van der Waals surface area contributed by atoms with Crippen LogP contribution in [-0.2, 0) is 6.42 Å². The quantitative estimate of drug-likeness (QED) is 0.469. The molecule has 140 valence electrons. The van der Waals surface area contributed by atoms with Crippen molar-refractivity contribution in [2.75, 3.05) is 6.54 Å². The van der Waals surface area contributed by atoms with Gasteiger partial charge in [-0.15, -0.1) is 0 Å². The van der Waals surface area contributed by atoms with Gasteiger partial charge in [-0.2, -0.15) is 17.7 Å². The Labute approximate surface area is 190 Å². The summed E-state index contributed by atoms with van der Waals surface area (Å²) in [5.74, 6) is -1.30. The van der Waals surface area contributed by atoms with Crippen LogP contribution in [0.5, 0.6) is 0 Å². The van der Waals surface area contributed by atoms with E-state index in [1.165, 1.54) is 53.4 Å². The van der Waals surface area contributed by atoms with Crippen molar-refractivity contribution >= 4 is 5.91 Å². The number of hydrogen-bond acceptors (Lipinski definition) is 2. The smallest absolute Gasteiger partial charge is 0.352 e. The number of carbonyl (C=O) groups excluding carboxylic acids is 1. The molecule has 0 atom stereocenters. The van der Waals surface area contributed by atoms with Gasteiger partial charge in [0.05, 0.1) is 5.82 Å². The Bertz CT molecular complexity index is 971. The molecule has 3 aromatic rings. The van der Waals surface area contributed by atoms with Gasteiger partial charge in [-0.1, -0.05) is 42.5 Å². The maximum Gasteiger partial charge on any atom is 1.00 e. The van der Waals surface area contributed by atoms with Crippen LogP contribution >= 0.6 is 0 Å². The summed E-state index contributed by atoms with van der Waals surface area (Å²) in [5, 5.41) is 9.72. The molecule has 0 aliphatic rings. The van der Waals surface area contributed by atoms with Crippen molar-refractivity contribution < 1.29 is 43.1 Å². The van der Waals surface area contributed by atoms with Gasteiger partial charge in [-0.3, -0.25) is 4.79 Å². The molecule has 0 radical (unpaired) electrons. The molecule has 3 nitrogen and oxygen atoms in total. The number of nitrogens with zero attached hydrogens (tertiary/aromatic N) is 2. The summed E-state index contributed by atoms with van der Waals surface area (Å²) in [6, 6.07) is 22.3. The van der Waals surface area contributed by atoms with E-state index in [0.29, 0.717) is 12.0 Å². The molecular formula is C23H17F2N2NaO. The molecule has 3 aromatic carbocycles. The topological polar surface area (TPSA) is 44.1 Å². The van der Waals surface area contributed by atoms with Gasteiger partial charge in [0.15, 0.2) is 0 Å². The Morgan fingerprint density at radius 2 is 1.45 bits per heavy atom. The fraction of sp³-hybridized carbons (Fsp3) is 0.0870. The SMILES string of the molecule is N#C[C-](c1ccc(F)cc1)N(CCc1ccccc1)C(=O)c1ccc(F)cc1.[Na+]. The van der Waals surface area contributed by atoms with E-state index in [1.54, 1.807) is 0 Å². The predicted octanol–water partition coefficient (Wildman–Crippen LogP) is 1.76. The standard InChI is InChI=1S/C23H17F2N2O.Na/c24-20-10-6-18(7-11-20)22(16-26)27(15-14-17-4-2-1-3-5-17)23(28)19-8-12-21(25)13-9-19;/h1-13H,14-15H2;/q-1;+1. The average Bonchev–Trinajstić information content (AvgIpc) is 2.73. The van der Waals surface area contributed by atoms with Crippen molar-refractivity contribution in [2.45, 2.75) is 6.42 Å². The van der Waals surface area contributed by atoms with Gasteiger partial charge in [0.1, 0.15) is 5.82 Å². The van der Waals surface area contributed by atoms with Crippen LogP contribution in [0, 0.1) is 29.0 Å². The summed E-state index contributed by atoms with van der Waals surface area (Å²) in [5.41, 5.74) is 1.72. The van der Waals surface area contributed by atoms with Crippen molar-refractivity contribution in [1.82, 2.24) is 4.90 Å². The maximum absolute atomic E-state index is 13.3. The van der Waals surface area contributed by atoms with E-state index in [9.17, 15) is 18.8 Å². The third-order valence-corrected chi connectivity index (χ3v) is 4.30. The molecule has 0 unspecified atom stereocenters. The van der Waals surface area contributed by atoms with Gasteiger partial charge >= 0.3 is 29.6 Å². The van der Waals surface area contributed by atoms with Crippen molar-refractivity contribution in [3.8, 4) is 6.07 Å². The van der Waals surface area contributed by atoms with Crippen LogP contribution in [0.2, 0.25) is 0 Å². The Balaban J connectivity index is 0.00000300. The third kappa shape index (κ3) is 5.91. The molecule has 3 rings (SSSR count). The average molecular weight is 398 g/mol. The molecule has 0 heterocycles. The fourth-order valence-electron chi connectivity index (χ4n) is 2.84. The van der Waals surface area contributed by atoms with Crippen molar-refractivity contribution in [3.05, 3.63) is 113 Å². The van der Waals surface area contributed by atoms with Gasteiger partial charge in [0.25, 0.3) is 0 Å². The van der Waals surface area contributed by atoms with Crippen LogP contribution in [0.4, 0.5) is 8.78 Å². The minimum Gasteiger partial charge on any atom is -0.352 e. The van der Waals surface area contributed by atoms with E-state index >= 15 is 0 Å². The summed E-state index contributed by atoms with van der Waals surface area (Å²) in [6.07, 6.45) is 0.528. The largest absolute Gasteiger partial charge is 1.00 e. The molecule has 0 aromatic heterocycles. The van der Waals surface area contributed by atoms with Crippen LogP contribution in [0.15, 0.2) is 78.9 Å². The number of halogens is 2. The van der Waals surface area contributed by atoms with Gasteiger partial charge in [-0.05, 0) is 36.2 Å². The zero-order valence-electron chi connectivity index (χ0n) is 16.0. The van der Waals surface area contributed by atoms with Crippen LogP contribution in [-0.4, -0.2) is 17.4 Å². The Kier molecular flexibility index (Phi) is 8.41. The van der Waals surface area contributed by atoms with Gasteiger partial charge in [0, 0.05) is 24.2 Å². The molecule has 0 bridgehead atoms. The summed E-state index contributed by atoms with van der Waals surface area (Å²) < 4.78 is 26.5. The predicted molar refractivity (Wildman–Crippen MR) is 102 cm³/mol. The van der Waals surface area contributed by atoms with Gasteiger partial charge < -0.3 is 4.90 Å². The number of carbonyl (C=O) groups is 1. The second kappa shape index (κ2) is 10.8. The molecule has 0 aliphatic carbocycles. The first-order chi connectivity index (χ1) is 13.6. The number of nitriles is 1. The van der Waals surface area contributed by atoms with Crippen LogP contribution in [0.3, 0.4) is 0 Å². The molecule has 0 spiro atoms. The monoisotopic (exact) mass is 398 g/mol. The summed E-state index contributed by atoms with van der Waals surface area (Å²) in [4.78, 5) is 14.4. The van der Waals surface area contributed by atoms with Crippen molar-refractivity contribution in [1.29, 1.82) is 5.26 Å². The van der Waals surface area contributed by atoms with Crippen LogP contribution in [0.1, 0.15) is 21.5 Å². The Morgan fingerprint density at radius 3 is 2.00 bits per heavy atom. The minimum absolute atomic E-state index is 0. The van der Waals surface area contributed by atoms with E-state index in [0.717, 1.165) is 5.56 Å². The van der Waals surface area contributed by atoms with E-state index in [1.807, 2.05) is 30.3 Å². The van der Waals surface area contributed by atoms with Crippen molar-refractivity contribution in [2.24, 2.45) is 0 Å². The zero-order chi connectivity index (χ0) is 19.9. The van der Waals surface area contributed by atoms with Crippen LogP contribution in [0.25, 0.3) is 0 Å². The molecule has 1 amide bonds. The number of amides is 1. The maximum atomic E-state index is 13.3. The second-order valence-electron chi connectivity index (χ2n) is 6.17. The summed E-state index contributed by atoms with van der Waals surface area (Å²) in [6.45, 7) is 0.250. The van der Waals surface area contributed by atoms with Gasteiger partial charge in [-0.25, -0.2) is 14.0 Å². The Hall–Kier alpha value is -2.65. The first-order valence-corrected chi connectivity index (χ1v) is 8.73. The van der Waals surface area contributed by atoms with E-state index in [2.05, 4.69) is 6.07 Å². The van der Waals surface area contributed by atoms with E-state index in [4.69, 9.17) is 0 Å². The zero-order valence-corrected chi connectivity index (χ0v) is 18.0. The van der Waals surface area contributed by atoms with Crippen LogP contribution < -0.4 is 29.6 Å². The second-order valence-corrected chi connectivity index (χ2v) is 6.17. The number of benzene rings is 3. The number of rotatable bonds is 6. The fourth-order valence-corrected chi connectivity index (χ4v) is 2.84. The molecule has 0 saturated carbocycles. The van der Waals surface area contributed by atoms with E-state index < -0.39 is 17.5 Å². The minimum atomic E-state index is -0.449. The first-order valence-electron chi connectivity index (χ1n) is 8.73. The Morgan fingerprint density at radius 1 is 0.897 bits per heavy atom. The summed E-state index contributed by atoms with van der Waals surface area (Å²) in [7, 11) is 0. The molecule has 0 aliphatic heterocycles. The normalized spacial score (nSPS) is 9.83.